The van der Waals surface area contributed by atoms with Gasteiger partial charge in [0.1, 0.15) is 5.82 Å². The van der Waals surface area contributed by atoms with Gasteiger partial charge in [0.05, 0.1) is 11.9 Å². The molecule has 0 radical (unpaired) electrons. The third-order valence-corrected chi connectivity index (χ3v) is 3.43. The molecule has 1 heterocycles. The van der Waals surface area contributed by atoms with Crippen molar-refractivity contribution in [2.75, 3.05) is 4.72 Å². The molecule has 0 aliphatic heterocycles. The molecule has 17 heavy (non-hydrogen) atoms. The van der Waals surface area contributed by atoms with Crippen LogP contribution in [-0.4, -0.2) is 18.6 Å². The van der Waals surface area contributed by atoms with Crippen LogP contribution in [0.25, 0.3) is 0 Å². The first-order valence-corrected chi connectivity index (χ1v) is 6.26. The van der Waals surface area contributed by atoms with E-state index < -0.39 is 15.8 Å². The summed E-state index contributed by atoms with van der Waals surface area (Å²) in [7, 11) is -3.82. The van der Waals surface area contributed by atoms with Gasteiger partial charge in [-0.25, -0.2) is 4.39 Å². The zero-order valence-corrected chi connectivity index (χ0v) is 9.75. The molecule has 5 nitrogen and oxygen atoms in total. The van der Waals surface area contributed by atoms with Crippen LogP contribution in [0.3, 0.4) is 0 Å². The highest BCUT2D eigenvalue weighted by molar-refractivity contribution is 7.92. The number of aromatic amines is 1. The van der Waals surface area contributed by atoms with Crippen LogP contribution in [0, 0.1) is 12.7 Å². The molecule has 0 aliphatic rings. The van der Waals surface area contributed by atoms with Crippen molar-refractivity contribution in [2.24, 2.45) is 0 Å². The molecule has 7 heteroatoms. The number of halogens is 1. The van der Waals surface area contributed by atoms with Crippen molar-refractivity contribution in [3.63, 3.8) is 0 Å². The van der Waals surface area contributed by atoms with Crippen molar-refractivity contribution in [1.82, 2.24) is 10.2 Å². The lowest BCUT2D eigenvalue weighted by Crippen LogP contribution is -2.14. The molecule has 0 unspecified atom stereocenters. The quantitative estimate of drug-likeness (QED) is 0.875. The summed E-state index contributed by atoms with van der Waals surface area (Å²) in [6.45, 7) is 1.74. The smallest absolute Gasteiger partial charge is 0.275 e. The zero-order valence-electron chi connectivity index (χ0n) is 8.94. The third-order valence-electron chi connectivity index (χ3n) is 2.13. The summed E-state index contributed by atoms with van der Waals surface area (Å²) < 4.78 is 39.1. The summed E-state index contributed by atoms with van der Waals surface area (Å²) in [5.41, 5.74) is 0.674. The maximum absolute atomic E-state index is 13.4. The molecule has 1 aromatic heterocycles. The molecule has 0 fully saturated rings. The molecule has 0 saturated carbocycles. The first-order chi connectivity index (χ1) is 7.99. The predicted molar refractivity (Wildman–Crippen MR) is 60.5 cm³/mol. The van der Waals surface area contributed by atoms with E-state index in [1.807, 2.05) is 0 Å². The van der Waals surface area contributed by atoms with Crippen molar-refractivity contribution >= 4 is 15.7 Å². The Labute approximate surface area is 97.7 Å². The second-order valence-corrected chi connectivity index (χ2v) is 5.16. The summed E-state index contributed by atoms with van der Waals surface area (Å²) >= 11 is 0. The molecule has 0 saturated heterocycles. The number of benzene rings is 1. The maximum atomic E-state index is 13.4. The molecular weight excluding hydrogens is 245 g/mol. The molecule has 2 aromatic rings. The monoisotopic (exact) mass is 255 g/mol. The van der Waals surface area contributed by atoms with Crippen LogP contribution in [0.1, 0.15) is 5.56 Å². The molecule has 2 N–H and O–H groups in total. The number of anilines is 1. The summed E-state index contributed by atoms with van der Waals surface area (Å²) in [4.78, 5) is 0. The predicted octanol–water partition coefficient (Wildman–Crippen LogP) is 1.66. The highest BCUT2D eigenvalue weighted by atomic mass is 32.2. The van der Waals surface area contributed by atoms with Gasteiger partial charge in [0.2, 0.25) is 0 Å². The number of nitrogens with one attached hydrogen (secondary N) is 2. The van der Waals surface area contributed by atoms with E-state index in [1.54, 1.807) is 13.0 Å². The van der Waals surface area contributed by atoms with Crippen LogP contribution in [0.2, 0.25) is 0 Å². The second kappa shape index (κ2) is 4.17. The topological polar surface area (TPSA) is 74.8 Å². The van der Waals surface area contributed by atoms with E-state index in [1.165, 1.54) is 24.4 Å². The first kappa shape index (κ1) is 11.6. The molecule has 2 rings (SSSR count). The average Bonchev–Trinajstić information content (AvgIpc) is 2.77. The summed E-state index contributed by atoms with van der Waals surface area (Å²) in [6, 6.07) is 5.47. The lowest BCUT2D eigenvalue weighted by Gasteiger charge is -2.07. The molecule has 1 aromatic carbocycles. The van der Waals surface area contributed by atoms with Crippen LogP contribution >= 0.6 is 0 Å². The van der Waals surface area contributed by atoms with Gasteiger partial charge in [0, 0.05) is 0 Å². The van der Waals surface area contributed by atoms with E-state index in [4.69, 9.17) is 0 Å². The van der Waals surface area contributed by atoms with E-state index in [0.29, 0.717) is 0 Å². The van der Waals surface area contributed by atoms with Gasteiger partial charge < -0.3 is 0 Å². The Hall–Kier alpha value is -1.89. The number of sulfonamides is 1. The molecule has 90 valence electrons. The van der Waals surface area contributed by atoms with Gasteiger partial charge in [0.25, 0.3) is 10.0 Å². The van der Waals surface area contributed by atoms with E-state index in [0.717, 1.165) is 5.56 Å². The fourth-order valence-corrected chi connectivity index (χ4v) is 2.28. The van der Waals surface area contributed by atoms with Gasteiger partial charge in [-0.05, 0) is 30.7 Å². The lowest BCUT2D eigenvalue weighted by molar-refractivity contribution is 0.594. The molecule has 0 aliphatic carbocycles. The van der Waals surface area contributed by atoms with Gasteiger partial charge in [-0.2, -0.15) is 13.5 Å². The Morgan fingerprint density at radius 3 is 2.76 bits per heavy atom. The minimum absolute atomic E-state index is 0.0837. The van der Waals surface area contributed by atoms with E-state index in [-0.39, 0.29) is 10.7 Å². The van der Waals surface area contributed by atoms with Crippen molar-refractivity contribution < 1.29 is 12.8 Å². The van der Waals surface area contributed by atoms with Gasteiger partial charge in [0.15, 0.2) is 5.03 Å². The molecule has 0 bridgehead atoms. The Morgan fingerprint density at radius 1 is 1.35 bits per heavy atom. The van der Waals surface area contributed by atoms with Crippen LogP contribution in [0.15, 0.2) is 35.5 Å². The number of hydrogen-bond donors (Lipinski definition) is 2. The number of hydrogen-bond acceptors (Lipinski definition) is 3. The standard InChI is InChI=1S/C10H10FN3O2S/c1-7-2-3-8(11)9(6-7)14-17(15,16)10-4-5-12-13-10/h2-6,14H,1H3,(H,12,13). The van der Waals surface area contributed by atoms with Crippen molar-refractivity contribution in [2.45, 2.75) is 11.9 Å². The zero-order chi connectivity index (χ0) is 12.5. The maximum Gasteiger partial charge on any atom is 0.278 e. The minimum Gasteiger partial charge on any atom is -0.275 e. The van der Waals surface area contributed by atoms with Gasteiger partial charge in [-0.3, -0.25) is 9.82 Å². The van der Waals surface area contributed by atoms with Gasteiger partial charge >= 0.3 is 0 Å². The number of aromatic nitrogens is 2. The number of H-pyrrole nitrogens is 1. The van der Waals surface area contributed by atoms with Crippen molar-refractivity contribution in [3.8, 4) is 0 Å². The SMILES string of the molecule is Cc1ccc(F)c(NS(=O)(=O)c2ccn[nH]2)c1. The molecular formula is C10H10FN3O2S. The second-order valence-electron chi connectivity index (χ2n) is 3.51. The molecule has 0 spiro atoms. The lowest BCUT2D eigenvalue weighted by atomic mass is 10.2. The van der Waals surface area contributed by atoms with Crippen molar-refractivity contribution in [3.05, 3.63) is 41.8 Å². The fraction of sp³-hybridized carbons (Fsp3) is 0.100. The first-order valence-electron chi connectivity index (χ1n) is 4.77. The van der Waals surface area contributed by atoms with E-state index in [9.17, 15) is 12.8 Å². The summed E-state index contributed by atoms with van der Waals surface area (Å²) in [6.07, 6.45) is 1.31. The van der Waals surface area contributed by atoms with Gasteiger partial charge in [-0.15, -0.1) is 0 Å². The minimum atomic E-state index is -3.82. The Bertz CT molecular complexity index is 623. The Morgan fingerprint density at radius 2 is 2.12 bits per heavy atom. The van der Waals surface area contributed by atoms with E-state index >= 15 is 0 Å². The van der Waals surface area contributed by atoms with E-state index in [2.05, 4.69) is 14.9 Å². The number of rotatable bonds is 3. The molecule has 0 amide bonds. The number of aryl methyl sites for hydroxylation is 1. The summed E-state index contributed by atoms with van der Waals surface area (Å²) in [5.74, 6) is -0.626. The largest absolute Gasteiger partial charge is 0.278 e. The highest BCUT2D eigenvalue weighted by Crippen LogP contribution is 2.19. The van der Waals surface area contributed by atoms with Crippen LogP contribution in [0.4, 0.5) is 10.1 Å². The van der Waals surface area contributed by atoms with Gasteiger partial charge in [-0.1, -0.05) is 6.07 Å². The van der Waals surface area contributed by atoms with Crippen LogP contribution < -0.4 is 4.72 Å². The van der Waals surface area contributed by atoms with Crippen molar-refractivity contribution in [1.29, 1.82) is 0 Å². The third kappa shape index (κ3) is 2.44. The normalized spacial score (nSPS) is 11.4. The average molecular weight is 255 g/mol. The Balaban J connectivity index is 2.36. The molecule has 0 atom stereocenters. The Kier molecular flexibility index (Phi) is 2.84. The summed E-state index contributed by atoms with van der Waals surface area (Å²) in [5, 5.41) is 5.73. The van der Waals surface area contributed by atoms with Crippen LogP contribution in [-0.2, 0) is 10.0 Å². The van der Waals surface area contributed by atoms with Crippen LogP contribution in [0.5, 0.6) is 0 Å². The fourth-order valence-electron chi connectivity index (χ4n) is 1.31. The number of nitrogens with zero attached hydrogens (tertiary/aromatic N) is 1. The highest BCUT2D eigenvalue weighted by Gasteiger charge is 2.17.